The summed E-state index contributed by atoms with van der Waals surface area (Å²) in [7, 11) is 0. The van der Waals surface area contributed by atoms with Gasteiger partial charge in [0.25, 0.3) is 0 Å². The Balaban J connectivity index is 1.82. The fourth-order valence-electron chi connectivity index (χ4n) is 3.04. The minimum atomic E-state index is 0.0397. The van der Waals surface area contributed by atoms with Crippen molar-refractivity contribution >= 4 is 38.8 Å². The van der Waals surface area contributed by atoms with Crippen LogP contribution in [0.3, 0.4) is 0 Å². The molecule has 4 rings (SSSR count). The van der Waals surface area contributed by atoms with Crippen molar-refractivity contribution in [2.75, 3.05) is 5.32 Å². The van der Waals surface area contributed by atoms with Crippen LogP contribution in [0.4, 0.5) is 11.5 Å². The van der Waals surface area contributed by atoms with E-state index in [1.807, 2.05) is 24.3 Å². The number of fused-ring (bicyclic) bond motifs is 1. The van der Waals surface area contributed by atoms with E-state index in [9.17, 15) is 4.79 Å². The quantitative estimate of drug-likeness (QED) is 0.451. The van der Waals surface area contributed by atoms with Crippen LogP contribution >= 0.6 is 11.3 Å². The summed E-state index contributed by atoms with van der Waals surface area (Å²) in [4.78, 5) is 21.5. The van der Waals surface area contributed by atoms with Crippen molar-refractivity contribution < 1.29 is 4.79 Å². The van der Waals surface area contributed by atoms with E-state index >= 15 is 0 Å². The third kappa shape index (κ3) is 3.34. The zero-order valence-electron chi connectivity index (χ0n) is 15.4. The lowest BCUT2D eigenvalue weighted by Crippen LogP contribution is -1.98. The van der Waals surface area contributed by atoms with Crippen LogP contribution in [0, 0.1) is 13.8 Å². The number of carbonyl (C=O) groups is 1. The number of aryl methyl sites for hydroxylation is 2. The number of nitrogens with one attached hydrogen (secondary N) is 1. The van der Waals surface area contributed by atoms with E-state index in [0.717, 1.165) is 32.8 Å². The summed E-state index contributed by atoms with van der Waals surface area (Å²) in [5, 5.41) is 6.49. The SMILES string of the molecule is CC(=O)c1cccc(Nc2ncnc3scc(-c4ccc(C)c(C)c4)c23)c1. The number of nitrogens with zero attached hydrogens (tertiary/aromatic N) is 2. The maximum absolute atomic E-state index is 11.7. The molecule has 1 N–H and O–H groups in total. The first-order valence-electron chi connectivity index (χ1n) is 8.71. The number of anilines is 2. The lowest BCUT2D eigenvalue weighted by atomic mass is 10.0. The number of thiophene rings is 1. The predicted octanol–water partition coefficient (Wildman–Crippen LogP) is 5.92. The number of rotatable bonds is 4. The highest BCUT2D eigenvalue weighted by molar-refractivity contribution is 7.17. The first kappa shape index (κ1) is 17.4. The molecule has 5 heteroatoms. The van der Waals surface area contributed by atoms with Crippen molar-refractivity contribution in [1.82, 2.24) is 9.97 Å². The average Bonchev–Trinajstić information content (AvgIpc) is 3.09. The molecule has 2 aromatic carbocycles. The molecule has 0 atom stereocenters. The summed E-state index contributed by atoms with van der Waals surface area (Å²) >= 11 is 1.61. The van der Waals surface area contributed by atoms with Crippen LogP contribution in [0.1, 0.15) is 28.4 Å². The van der Waals surface area contributed by atoms with Crippen molar-refractivity contribution in [2.24, 2.45) is 0 Å². The largest absolute Gasteiger partial charge is 0.340 e. The van der Waals surface area contributed by atoms with Crippen LogP contribution in [-0.4, -0.2) is 15.8 Å². The van der Waals surface area contributed by atoms with Gasteiger partial charge in [0.1, 0.15) is 17.0 Å². The molecule has 0 aliphatic heterocycles. The standard InChI is InChI=1S/C22H19N3OS/c1-13-7-8-17(9-14(13)2)19-11-27-22-20(19)21(23-12-24-22)25-18-6-4-5-16(10-18)15(3)26/h4-12H,1-3H3,(H,23,24,25). The summed E-state index contributed by atoms with van der Waals surface area (Å²) in [5.74, 6) is 0.785. The van der Waals surface area contributed by atoms with E-state index < -0.39 is 0 Å². The molecule has 0 spiro atoms. The number of aromatic nitrogens is 2. The summed E-state index contributed by atoms with van der Waals surface area (Å²) in [6, 6.07) is 13.9. The normalized spacial score (nSPS) is 10.9. The van der Waals surface area contributed by atoms with Gasteiger partial charge in [-0.3, -0.25) is 4.79 Å². The first-order valence-corrected chi connectivity index (χ1v) is 9.59. The van der Waals surface area contributed by atoms with Crippen molar-refractivity contribution in [2.45, 2.75) is 20.8 Å². The van der Waals surface area contributed by atoms with E-state index in [2.05, 4.69) is 52.7 Å². The first-order chi connectivity index (χ1) is 13.0. The third-order valence-corrected chi connectivity index (χ3v) is 5.61. The molecule has 2 aromatic heterocycles. The molecule has 0 fully saturated rings. The maximum Gasteiger partial charge on any atom is 0.159 e. The molecule has 0 saturated carbocycles. The third-order valence-electron chi connectivity index (χ3n) is 4.72. The van der Waals surface area contributed by atoms with Gasteiger partial charge >= 0.3 is 0 Å². The van der Waals surface area contributed by atoms with Gasteiger partial charge in [0, 0.05) is 22.2 Å². The zero-order valence-corrected chi connectivity index (χ0v) is 16.2. The van der Waals surface area contributed by atoms with Crippen LogP contribution in [-0.2, 0) is 0 Å². The molecule has 0 amide bonds. The van der Waals surface area contributed by atoms with Gasteiger partial charge in [-0.05, 0) is 49.6 Å². The summed E-state index contributed by atoms with van der Waals surface area (Å²) in [5.41, 5.74) is 6.30. The number of hydrogen-bond donors (Lipinski definition) is 1. The number of hydrogen-bond acceptors (Lipinski definition) is 5. The van der Waals surface area contributed by atoms with Crippen LogP contribution in [0.15, 0.2) is 54.2 Å². The minimum absolute atomic E-state index is 0.0397. The van der Waals surface area contributed by atoms with Crippen LogP contribution in [0.25, 0.3) is 21.3 Å². The summed E-state index contributed by atoms with van der Waals surface area (Å²) in [6.07, 6.45) is 1.57. The van der Waals surface area contributed by atoms with Gasteiger partial charge in [-0.2, -0.15) is 0 Å². The Bertz CT molecular complexity index is 1160. The second-order valence-electron chi connectivity index (χ2n) is 6.61. The van der Waals surface area contributed by atoms with Crippen molar-refractivity contribution in [3.8, 4) is 11.1 Å². The zero-order chi connectivity index (χ0) is 19.0. The molecule has 27 heavy (non-hydrogen) atoms. The van der Waals surface area contributed by atoms with Gasteiger partial charge in [0.15, 0.2) is 5.78 Å². The molecule has 2 heterocycles. The molecule has 0 bridgehead atoms. The van der Waals surface area contributed by atoms with Crippen molar-refractivity contribution in [3.05, 3.63) is 70.9 Å². The molecule has 0 radical (unpaired) electrons. The van der Waals surface area contributed by atoms with Crippen molar-refractivity contribution in [1.29, 1.82) is 0 Å². The van der Waals surface area contributed by atoms with Gasteiger partial charge in [0.05, 0.1) is 5.39 Å². The molecule has 0 aliphatic rings. The number of ketones is 1. The minimum Gasteiger partial charge on any atom is -0.340 e. The molecule has 4 nitrogen and oxygen atoms in total. The van der Waals surface area contributed by atoms with Gasteiger partial charge in [-0.25, -0.2) is 9.97 Å². The summed E-state index contributed by atoms with van der Waals surface area (Å²) in [6.45, 7) is 5.80. The molecule has 0 unspecified atom stereocenters. The number of Topliss-reactive ketones (excluding diaryl/α,β-unsaturated/α-hetero) is 1. The molecular formula is C22H19N3OS. The Morgan fingerprint density at radius 2 is 1.89 bits per heavy atom. The van der Waals surface area contributed by atoms with Crippen LogP contribution < -0.4 is 5.32 Å². The van der Waals surface area contributed by atoms with Gasteiger partial charge < -0.3 is 5.32 Å². The second-order valence-corrected chi connectivity index (χ2v) is 7.47. The monoisotopic (exact) mass is 373 g/mol. The van der Waals surface area contributed by atoms with Crippen LogP contribution in [0.2, 0.25) is 0 Å². The lowest BCUT2D eigenvalue weighted by Gasteiger charge is -2.10. The molecule has 134 valence electrons. The van der Waals surface area contributed by atoms with Gasteiger partial charge in [0.2, 0.25) is 0 Å². The molecule has 4 aromatic rings. The Hall–Kier alpha value is -3.05. The van der Waals surface area contributed by atoms with E-state index in [1.54, 1.807) is 24.6 Å². The van der Waals surface area contributed by atoms with Crippen molar-refractivity contribution in [3.63, 3.8) is 0 Å². The summed E-state index contributed by atoms with van der Waals surface area (Å²) < 4.78 is 0. The Labute approximate surface area is 161 Å². The molecule has 0 saturated heterocycles. The van der Waals surface area contributed by atoms with E-state index in [-0.39, 0.29) is 5.78 Å². The molecular weight excluding hydrogens is 354 g/mol. The Kier molecular flexibility index (Phi) is 4.46. The Morgan fingerprint density at radius 3 is 2.67 bits per heavy atom. The fourth-order valence-corrected chi connectivity index (χ4v) is 3.96. The predicted molar refractivity (Wildman–Crippen MR) is 112 cm³/mol. The van der Waals surface area contributed by atoms with E-state index in [4.69, 9.17) is 0 Å². The average molecular weight is 373 g/mol. The van der Waals surface area contributed by atoms with Gasteiger partial charge in [-0.1, -0.05) is 30.3 Å². The number of carbonyl (C=O) groups excluding carboxylic acids is 1. The number of benzene rings is 2. The lowest BCUT2D eigenvalue weighted by molar-refractivity contribution is 0.101. The highest BCUT2D eigenvalue weighted by Crippen LogP contribution is 2.38. The second kappa shape index (κ2) is 6.93. The van der Waals surface area contributed by atoms with Gasteiger partial charge in [-0.15, -0.1) is 11.3 Å². The Morgan fingerprint density at radius 1 is 1.04 bits per heavy atom. The van der Waals surface area contributed by atoms with Crippen LogP contribution in [0.5, 0.6) is 0 Å². The highest BCUT2D eigenvalue weighted by atomic mass is 32.1. The smallest absolute Gasteiger partial charge is 0.159 e. The maximum atomic E-state index is 11.7. The van der Waals surface area contributed by atoms with E-state index in [1.165, 1.54) is 11.1 Å². The molecule has 0 aliphatic carbocycles. The fraction of sp³-hybridized carbons (Fsp3) is 0.136. The topological polar surface area (TPSA) is 54.9 Å². The van der Waals surface area contributed by atoms with E-state index in [0.29, 0.717) is 5.56 Å². The highest BCUT2D eigenvalue weighted by Gasteiger charge is 2.14.